The van der Waals surface area contributed by atoms with Gasteiger partial charge in [-0.15, -0.1) is 13.2 Å². The van der Waals surface area contributed by atoms with Gasteiger partial charge < -0.3 is 9.57 Å². The third-order valence-electron chi connectivity index (χ3n) is 2.56. The summed E-state index contributed by atoms with van der Waals surface area (Å²) in [6.45, 7) is 0.177. The Balaban J connectivity index is 2.01. The molecule has 3 nitrogen and oxygen atoms in total. The first-order valence-corrected chi connectivity index (χ1v) is 7.87. The highest BCUT2D eigenvalue weighted by Gasteiger charge is 2.31. The topological polar surface area (TPSA) is 30.8 Å². The van der Waals surface area contributed by atoms with Crippen molar-refractivity contribution < 1.29 is 22.7 Å². The number of nitrogens with zero attached hydrogens (tertiary/aromatic N) is 1. The maximum Gasteiger partial charge on any atom is 0.573 e. The molecule has 0 fully saturated rings. The normalized spacial score (nSPS) is 11.7. The monoisotopic (exact) mass is 451 g/mol. The van der Waals surface area contributed by atoms with Gasteiger partial charge in [0.25, 0.3) is 0 Å². The van der Waals surface area contributed by atoms with E-state index in [1.54, 1.807) is 6.07 Å². The van der Waals surface area contributed by atoms with Crippen molar-refractivity contribution >= 4 is 38.1 Å². The summed E-state index contributed by atoms with van der Waals surface area (Å²) in [6, 6.07) is 11.2. The second-order valence-electron chi connectivity index (χ2n) is 4.37. The van der Waals surface area contributed by atoms with Crippen molar-refractivity contribution in [2.75, 3.05) is 0 Å². The molecule has 0 aliphatic heterocycles. The number of hydrogen-bond acceptors (Lipinski definition) is 3. The molecule has 23 heavy (non-hydrogen) atoms. The summed E-state index contributed by atoms with van der Waals surface area (Å²) in [5.41, 5.74) is 1.02. The Morgan fingerprint density at radius 3 is 2.35 bits per heavy atom. The van der Waals surface area contributed by atoms with E-state index in [9.17, 15) is 13.2 Å². The molecule has 0 aliphatic carbocycles. The Labute approximate surface area is 147 Å². The second kappa shape index (κ2) is 7.83. The molecule has 0 aliphatic rings. The van der Waals surface area contributed by atoms with Gasteiger partial charge in [0, 0.05) is 14.5 Å². The van der Waals surface area contributed by atoms with Crippen LogP contribution in [-0.4, -0.2) is 12.6 Å². The van der Waals surface area contributed by atoms with Crippen LogP contribution in [0.1, 0.15) is 11.1 Å². The molecule has 0 unspecified atom stereocenters. The first-order chi connectivity index (χ1) is 10.8. The molecule has 0 bridgehead atoms. The smallest absolute Gasteiger partial charge is 0.405 e. The van der Waals surface area contributed by atoms with Crippen LogP contribution in [0.3, 0.4) is 0 Å². The van der Waals surface area contributed by atoms with Gasteiger partial charge in [0.15, 0.2) is 0 Å². The van der Waals surface area contributed by atoms with Crippen molar-refractivity contribution in [1.82, 2.24) is 0 Å². The van der Waals surface area contributed by atoms with E-state index in [0.29, 0.717) is 0 Å². The van der Waals surface area contributed by atoms with Gasteiger partial charge in [-0.2, -0.15) is 0 Å². The lowest BCUT2D eigenvalue weighted by atomic mass is 10.2. The number of halogens is 5. The molecule has 2 aromatic carbocycles. The minimum absolute atomic E-state index is 0.167. The maximum absolute atomic E-state index is 12.3. The quantitative estimate of drug-likeness (QED) is 0.432. The number of ether oxygens (including phenoxy) is 1. The van der Waals surface area contributed by atoms with Gasteiger partial charge in [-0.25, -0.2) is 0 Å². The molecular formula is C15H10Br2F3NO2. The van der Waals surface area contributed by atoms with Crippen LogP contribution in [0.15, 0.2) is 56.6 Å². The highest BCUT2D eigenvalue weighted by Crippen LogP contribution is 2.25. The lowest BCUT2D eigenvalue weighted by Gasteiger charge is -2.10. The van der Waals surface area contributed by atoms with Crippen LogP contribution in [0.25, 0.3) is 0 Å². The summed E-state index contributed by atoms with van der Waals surface area (Å²) >= 11 is 6.70. The largest absolute Gasteiger partial charge is 0.573 e. The van der Waals surface area contributed by atoms with Crippen LogP contribution < -0.4 is 4.74 Å². The van der Waals surface area contributed by atoms with Gasteiger partial charge in [0.05, 0.1) is 6.21 Å². The zero-order valence-electron chi connectivity index (χ0n) is 11.5. The number of rotatable bonds is 5. The van der Waals surface area contributed by atoms with Gasteiger partial charge in [-0.05, 0) is 35.9 Å². The predicted octanol–water partition coefficient (Wildman–Crippen LogP) is 5.66. The van der Waals surface area contributed by atoms with E-state index < -0.39 is 6.36 Å². The van der Waals surface area contributed by atoms with Crippen LogP contribution >= 0.6 is 31.9 Å². The SMILES string of the molecule is FC(F)(F)Oc1ccccc1/C=N/OCc1cc(Br)cc(Br)c1. The van der Waals surface area contributed by atoms with E-state index in [1.807, 2.05) is 18.2 Å². The van der Waals surface area contributed by atoms with E-state index in [2.05, 4.69) is 41.8 Å². The zero-order valence-corrected chi connectivity index (χ0v) is 14.7. The fourth-order valence-electron chi connectivity index (χ4n) is 1.70. The first-order valence-electron chi connectivity index (χ1n) is 6.28. The van der Waals surface area contributed by atoms with Crippen molar-refractivity contribution in [2.24, 2.45) is 5.16 Å². The van der Waals surface area contributed by atoms with Gasteiger partial charge >= 0.3 is 6.36 Å². The molecule has 0 N–H and O–H groups in total. The third-order valence-corrected chi connectivity index (χ3v) is 3.48. The number of oxime groups is 1. The molecule has 0 saturated heterocycles. The fourth-order valence-corrected chi connectivity index (χ4v) is 3.09. The van der Waals surface area contributed by atoms with Crippen LogP contribution in [0.2, 0.25) is 0 Å². The number of hydrogen-bond donors (Lipinski definition) is 0. The van der Waals surface area contributed by atoms with Crippen LogP contribution in [0.5, 0.6) is 5.75 Å². The Morgan fingerprint density at radius 1 is 1.04 bits per heavy atom. The van der Waals surface area contributed by atoms with Crippen molar-refractivity contribution in [3.8, 4) is 5.75 Å². The van der Waals surface area contributed by atoms with Crippen molar-refractivity contribution in [3.63, 3.8) is 0 Å². The molecule has 0 spiro atoms. The summed E-state index contributed by atoms with van der Waals surface area (Å²) in [7, 11) is 0. The summed E-state index contributed by atoms with van der Waals surface area (Å²) in [5, 5.41) is 3.68. The summed E-state index contributed by atoms with van der Waals surface area (Å²) in [5.74, 6) is -0.336. The highest BCUT2D eigenvalue weighted by molar-refractivity contribution is 9.11. The number of para-hydroxylation sites is 1. The number of benzene rings is 2. The van der Waals surface area contributed by atoms with Crippen LogP contribution in [-0.2, 0) is 11.4 Å². The van der Waals surface area contributed by atoms with Crippen molar-refractivity contribution in [3.05, 3.63) is 62.5 Å². The molecule has 8 heteroatoms. The lowest BCUT2D eigenvalue weighted by Crippen LogP contribution is -2.18. The zero-order chi connectivity index (χ0) is 16.9. The van der Waals surface area contributed by atoms with Crippen LogP contribution in [0.4, 0.5) is 13.2 Å². The Hall–Kier alpha value is -1.54. The van der Waals surface area contributed by atoms with E-state index in [0.717, 1.165) is 14.5 Å². The lowest BCUT2D eigenvalue weighted by molar-refractivity contribution is -0.274. The summed E-state index contributed by atoms with van der Waals surface area (Å²) in [6.07, 6.45) is -3.58. The molecule has 0 atom stereocenters. The maximum atomic E-state index is 12.3. The van der Waals surface area contributed by atoms with Crippen LogP contribution in [0, 0.1) is 0 Å². The highest BCUT2D eigenvalue weighted by atomic mass is 79.9. The molecule has 0 amide bonds. The van der Waals surface area contributed by atoms with E-state index in [4.69, 9.17) is 4.84 Å². The Bertz CT molecular complexity index is 685. The minimum Gasteiger partial charge on any atom is -0.405 e. The standard InChI is InChI=1S/C15H10Br2F3NO2/c16-12-5-10(6-13(17)7-12)9-22-21-8-11-3-1-2-4-14(11)23-15(18,19)20/h1-8H,9H2/b21-8+. The average Bonchev–Trinajstić information content (AvgIpc) is 2.42. The van der Waals surface area contributed by atoms with E-state index in [1.165, 1.54) is 24.4 Å². The van der Waals surface area contributed by atoms with Gasteiger partial charge in [0.1, 0.15) is 12.4 Å². The second-order valence-corrected chi connectivity index (χ2v) is 6.20. The molecule has 0 aromatic heterocycles. The molecule has 0 radical (unpaired) electrons. The van der Waals surface area contributed by atoms with Gasteiger partial charge in [-0.3, -0.25) is 0 Å². The Morgan fingerprint density at radius 2 is 1.70 bits per heavy atom. The minimum atomic E-state index is -4.76. The first kappa shape index (κ1) is 17.8. The van der Waals surface area contributed by atoms with E-state index in [-0.39, 0.29) is 17.9 Å². The third kappa shape index (κ3) is 6.23. The number of alkyl halides is 3. The van der Waals surface area contributed by atoms with Crippen molar-refractivity contribution in [2.45, 2.75) is 13.0 Å². The van der Waals surface area contributed by atoms with Crippen molar-refractivity contribution in [1.29, 1.82) is 0 Å². The van der Waals surface area contributed by atoms with Gasteiger partial charge in [-0.1, -0.05) is 49.1 Å². The molecule has 0 heterocycles. The molecule has 0 saturated carbocycles. The fraction of sp³-hybridized carbons (Fsp3) is 0.133. The molecular weight excluding hydrogens is 443 g/mol. The Kier molecular flexibility index (Phi) is 6.06. The van der Waals surface area contributed by atoms with E-state index >= 15 is 0 Å². The van der Waals surface area contributed by atoms with Gasteiger partial charge in [0.2, 0.25) is 0 Å². The molecule has 122 valence electrons. The average molecular weight is 453 g/mol. The molecule has 2 rings (SSSR count). The molecule has 2 aromatic rings. The summed E-state index contributed by atoms with van der Waals surface area (Å²) < 4.78 is 42.6. The predicted molar refractivity (Wildman–Crippen MR) is 87.4 cm³/mol. The summed E-state index contributed by atoms with van der Waals surface area (Å²) in [4.78, 5) is 5.11.